The monoisotopic (exact) mass is 269 g/mol. The third-order valence-electron chi connectivity index (χ3n) is 3.81. The number of carbonyl (C=O) groups is 2. The first kappa shape index (κ1) is 16.0. The lowest BCUT2D eigenvalue weighted by molar-refractivity contribution is -0.140. The molecule has 0 atom stereocenters. The molecular weight excluding hydrogens is 242 g/mol. The lowest BCUT2D eigenvalue weighted by atomic mass is 9.99. The van der Waals surface area contributed by atoms with Crippen LogP contribution in [0, 0.1) is 5.92 Å². The van der Waals surface area contributed by atoms with Gasteiger partial charge in [0.25, 0.3) is 0 Å². The number of esters is 1. The van der Waals surface area contributed by atoms with Gasteiger partial charge in [-0.3, -0.25) is 9.59 Å². The maximum atomic E-state index is 12.0. The summed E-state index contributed by atoms with van der Waals surface area (Å²) < 4.78 is 4.58. The number of hydrogen-bond donors (Lipinski definition) is 1. The van der Waals surface area contributed by atoms with Gasteiger partial charge in [-0.2, -0.15) is 0 Å². The lowest BCUT2D eigenvalue weighted by Crippen LogP contribution is -2.31. The lowest BCUT2D eigenvalue weighted by Gasteiger charge is -2.13. The van der Waals surface area contributed by atoms with E-state index in [-0.39, 0.29) is 17.8 Å². The van der Waals surface area contributed by atoms with E-state index in [9.17, 15) is 9.59 Å². The number of methoxy groups -OCH3 is 1. The Morgan fingerprint density at radius 3 is 2.37 bits per heavy atom. The number of amides is 1. The molecule has 0 unspecified atom stereocenters. The third-order valence-corrected chi connectivity index (χ3v) is 3.81. The first-order valence-corrected chi connectivity index (χ1v) is 7.58. The van der Waals surface area contributed by atoms with Crippen LogP contribution < -0.4 is 5.32 Å². The fourth-order valence-electron chi connectivity index (χ4n) is 2.57. The zero-order valence-electron chi connectivity index (χ0n) is 12.1. The van der Waals surface area contributed by atoms with Crippen molar-refractivity contribution in [3.63, 3.8) is 0 Å². The van der Waals surface area contributed by atoms with Crippen molar-refractivity contribution < 1.29 is 14.3 Å². The summed E-state index contributed by atoms with van der Waals surface area (Å²) in [5.74, 6) is 0.315. The Bertz CT molecular complexity index is 271. The van der Waals surface area contributed by atoms with Crippen molar-refractivity contribution >= 4 is 11.9 Å². The van der Waals surface area contributed by atoms with Crippen LogP contribution in [0.15, 0.2) is 0 Å². The number of rotatable bonds is 7. The topological polar surface area (TPSA) is 55.4 Å². The number of hydrogen-bond acceptors (Lipinski definition) is 3. The van der Waals surface area contributed by atoms with E-state index in [4.69, 9.17) is 0 Å². The van der Waals surface area contributed by atoms with Gasteiger partial charge in [0.05, 0.1) is 7.11 Å². The fraction of sp³-hybridized carbons (Fsp3) is 0.867. The molecule has 1 rings (SSSR count). The van der Waals surface area contributed by atoms with Crippen LogP contribution in [0.2, 0.25) is 0 Å². The Morgan fingerprint density at radius 2 is 1.74 bits per heavy atom. The normalized spacial score (nSPS) is 16.7. The molecule has 19 heavy (non-hydrogen) atoms. The molecule has 1 fully saturated rings. The molecule has 0 aromatic carbocycles. The molecule has 0 spiro atoms. The van der Waals surface area contributed by atoms with Crippen LogP contribution >= 0.6 is 0 Å². The summed E-state index contributed by atoms with van der Waals surface area (Å²) in [7, 11) is 1.41. The molecule has 0 aromatic heterocycles. The van der Waals surface area contributed by atoms with Crippen LogP contribution in [-0.2, 0) is 14.3 Å². The summed E-state index contributed by atoms with van der Waals surface area (Å²) in [6.07, 6.45) is 10.2. The predicted octanol–water partition coefficient (Wildman–Crippen LogP) is 2.81. The van der Waals surface area contributed by atoms with E-state index in [0.717, 1.165) is 38.6 Å². The van der Waals surface area contributed by atoms with E-state index in [1.165, 1.54) is 32.8 Å². The molecule has 0 aromatic rings. The molecule has 0 saturated heterocycles. The highest BCUT2D eigenvalue weighted by molar-refractivity contribution is 5.78. The van der Waals surface area contributed by atoms with Gasteiger partial charge >= 0.3 is 5.97 Å². The van der Waals surface area contributed by atoms with Gasteiger partial charge in [-0.1, -0.05) is 32.1 Å². The Balaban J connectivity index is 2.01. The first-order chi connectivity index (χ1) is 9.24. The molecule has 4 nitrogen and oxygen atoms in total. The minimum atomic E-state index is -0.150. The van der Waals surface area contributed by atoms with E-state index >= 15 is 0 Å². The Labute approximate surface area is 116 Å². The second-order valence-corrected chi connectivity index (χ2v) is 5.37. The number of nitrogens with one attached hydrogen (secondary N) is 1. The second-order valence-electron chi connectivity index (χ2n) is 5.37. The highest BCUT2D eigenvalue weighted by atomic mass is 16.5. The fourth-order valence-corrected chi connectivity index (χ4v) is 2.57. The highest BCUT2D eigenvalue weighted by Crippen LogP contribution is 2.22. The zero-order valence-corrected chi connectivity index (χ0v) is 12.1. The molecule has 110 valence electrons. The van der Waals surface area contributed by atoms with Gasteiger partial charge in [0.2, 0.25) is 5.91 Å². The smallest absolute Gasteiger partial charge is 0.305 e. The second kappa shape index (κ2) is 9.82. The molecule has 0 radical (unpaired) electrons. The first-order valence-electron chi connectivity index (χ1n) is 7.58. The molecule has 0 bridgehead atoms. The maximum absolute atomic E-state index is 12.0. The maximum Gasteiger partial charge on any atom is 0.305 e. The van der Waals surface area contributed by atoms with Crippen molar-refractivity contribution in [3.8, 4) is 0 Å². The molecule has 0 aliphatic heterocycles. The van der Waals surface area contributed by atoms with E-state index in [2.05, 4.69) is 10.1 Å². The summed E-state index contributed by atoms with van der Waals surface area (Å²) in [6.45, 7) is 0.733. The van der Waals surface area contributed by atoms with Crippen LogP contribution in [0.25, 0.3) is 0 Å². The minimum absolute atomic E-state index is 0.150. The van der Waals surface area contributed by atoms with Crippen LogP contribution in [0.5, 0.6) is 0 Å². The summed E-state index contributed by atoms with van der Waals surface area (Å²) >= 11 is 0. The molecule has 1 aliphatic rings. The summed E-state index contributed by atoms with van der Waals surface area (Å²) in [6, 6.07) is 0. The van der Waals surface area contributed by atoms with E-state index < -0.39 is 0 Å². The average molecular weight is 269 g/mol. The molecule has 1 amide bonds. The zero-order chi connectivity index (χ0) is 13.9. The summed E-state index contributed by atoms with van der Waals surface area (Å²) in [5, 5.41) is 3.03. The highest BCUT2D eigenvalue weighted by Gasteiger charge is 2.19. The predicted molar refractivity (Wildman–Crippen MR) is 74.7 cm³/mol. The minimum Gasteiger partial charge on any atom is -0.469 e. The van der Waals surface area contributed by atoms with Gasteiger partial charge in [-0.25, -0.2) is 0 Å². The molecular formula is C15H27NO3. The molecule has 4 heteroatoms. The van der Waals surface area contributed by atoms with E-state index in [1.54, 1.807) is 0 Å². The van der Waals surface area contributed by atoms with Gasteiger partial charge in [-0.05, 0) is 25.7 Å². The largest absolute Gasteiger partial charge is 0.469 e. The molecule has 1 saturated carbocycles. The SMILES string of the molecule is COC(=O)CCCCCNC(=O)C1CCCCCC1. The van der Waals surface area contributed by atoms with Crippen LogP contribution in [0.4, 0.5) is 0 Å². The standard InChI is InChI=1S/C15H27NO3/c1-19-14(17)11-7-4-8-12-16-15(18)13-9-5-2-3-6-10-13/h13H,2-12H2,1H3,(H,16,18). The Morgan fingerprint density at radius 1 is 1.05 bits per heavy atom. The molecule has 1 N–H and O–H groups in total. The third kappa shape index (κ3) is 7.19. The average Bonchev–Trinajstić information content (AvgIpc) is 2.71. The van der Waals surface area contributed by atoms with Gasteiger partial charge < -0.3 is 10.1 Å². The summed E-state index contributed by atoms with van der Waals surface area (Å²) in [5.41, 5.74) is 0. The van der Waals surface area contributed by atoms with Gasteiger partial charge in [-0.15, -0.1) is 0 Å². The number of ether oxygens (including phenoxy) is 1. The number of unbranched alkanes of at least 4 members (excludes halogenated alkanes) is 2. The summed E-state index contributed by atoms with van der Waals surface area (Å²) in [4.78, 5) is 22.9. The molecule has 0 heterocycles. The van der Waals surface area contributed by atoms with Gasteiger partial charge in [0, 0.05) is 18.9 Å². The van der Waals surface area contributed by atoms with Gasteiger partial charge in [0.1, 0.15) is 0 Å². The van der Waals surface area contributed by atoms with Crippen LogP contribution in [-0.4, -0.2) is 25.5 Å². The van der Waals surface area contributed by atoms with Crippen molar-refractivity contribution in [3.05, 3.63) is 0 Å². The quantitative estimate of drug-likeness (QED) is 0.439. The van der Waals surface area contributed by atoms with Crippen molar-refractivity contribution in [2.45, 2.75) is 64.2 Å². The van der Waals surface area contributed by atoms with Crippen LogP contribution in [0.3, 0.4) is 0 Å². The van der Waals surface area contributed by atoms with Crippen LogP contribution in [0.1, 0.15) is 64.2 Å². The van der Waals surface area contributed by atoms with E-state index in [0.29, 0.717) is 6.42 Å². The van der Waals surface area contributed by atoms with Crippen molar-refractivity contribution in [2.75, 3.05) is 13.7 Å². The Hall–Kier alpha value is -1.06. The van der Waals surface area contributed by atoms with Gasteiger partial charge in [0.15, 0.2) is 0 Å². The molecule has 1 aliphatic carbocycles. The van der Waals surface area contributed by atoms with Crippen molar-refractivity contribution in [1.29, 1.82) is 0 Å². The Kier molecular flexibility index (Phi) is 8.26. The van der Waals surface area contributed by atoms with Crippen molar-refractivity contribution in [1.82, 2.24) is 5.32 Å². The number of carbonyl (C=O) groups excluding carboxylic acids is 2. The van der Waals surface area contributed by atoms with Crippen molar-refractivity contribution in [2.24, 2.45) is 5.92 Å². The van der Waals surface area contributed by atoms with E-state index in [1.807, 2.05) is 0 Å².